The third-order valence-corrected chi connectivity index (χ3v) is 4.00. The number of nitrogens with zero attached hydrogens (tertiary/aromatic N) is 2. The molecule has 0 unspecified atom stereocenters. The summed E-state index contributed by atoms with van der Waals surface area (Å²) in [5.74, 6) is 0. The number of thiophene rings is 1. The van der Waals surface area contributed by atoms with E-state index in [0.717, 1.165) is 25.3 Å². The Kier molecular flexibility index (Phi) is 4.55. The van der Waals surface area contributed by atoms with Crippen molar-refractivity contribution in [3.63, 3.8) is 0 Å². The average Bonchev–Trinajstić information content (AvgIpc) is 2.88. The van der Waals surface area contributed by atoms with Gasteiger partial charge in [-0.2, -0.15) is 5.10 Å². The Hall–Kier alpha value is -1.13. The van der Waals surface area contributed by atoms with Gasteiger partial charge < -0.3 is 5.32 Å². The van der Waals surface area contributed by atoms with Crippen molar-refractivity contribution in [2.24, 2.45) is 0 Å². The fraction of sp³-hybridized carbons (Fsp3) is 0.500. The molecule has 2 aromatic heterocycles. The molecule has 18 heavy (non-hydrogen) atoms. The Labute approximate surface area is 113 Å². The van der Waals surface area contributed by atoms with Crippen LogP contribution in [0, 0.1) is 13.8 Å². The Bertz CT molecular complexity index is 499. The van der Waals surface area contributed by atoms with E-state index in [9.17, 15) is 0 Å². The lowest BCUT2D eigenvalue weighted by atomic mass is 10.2. The zero-order valence-electron chi connectivity index (χ0n) is 11.4. The summed E-state index contributed by atoms with van der Waals surface area (Å²) in [6.45, 7) is 9.36. The van der Waals surface area contributed by atoms with E-state index in [4.69, 9.17) is 0 Å². The third-order valence-electron chi connectivity index (χ3n) is 2.90. The molecule has 2 aromatic rings. The normalized spacial score (nSPS) is 11.1. The summed E-state index contributed by atoms with van der Waals surface area (Å²) in [6, 6.07) is 4.35. The van der Waals surface area contributed by atoms with E-state index in [1.54, 1.807) is 0 Å². The minimum atomic E-state index is 0.879. The first-order valence-electron chi connectivity index (χ1n) is 6.48. The van der Waals surface area contributed by atoms with Crippen LogP contribution in [-0.4, -0.2) is 16.3 Å². The quantitative estimate of drug-likeness (QED) is 0.812. The zero-order valence-corrected chi connectivity index (χ0v) is 12.2. The molecule has 0 aliphatic rings. The number of aromatic nitrogens is 2. The maximum atomic E-state index is 4.44. The first kappa shape index (κ1) is 13.3. The van der Waals surface area contributed by atoms with E-state index in [1.807, 2.05) is 35.2 Å². The van der Waals surface area contributed by atoms with Crippen LogP contribution in [0.3, 0.4) is 0 Å². The van der Waals surface area contributed by atoms with E-state index in [0.29, 0.717) is 0 Å². The highest BCUT2D eigenvalue weighted by Gasteiger charge is 2.06. The Morgan fingerprint density at radius 3 is 2.89 bits per heavy atom. The molecule has 2 heterocycles. The van der Waals surface area contributed by atoms with Gasteiger partial charge in [0.15, 0.2) is 0 Å². The highest BCUT2D eigenvalue weighted by Crippen LogP contribution is 2.22. The van der Waals surface area contributed by atoms with Crippen molar-refractivity contribution >= 4 is 11.3 Å². The van der Waals surface area contributed by atoms with Crippen LogP contribution >= 0.6 is 11.3 Å². The predicted octanol–water partition coefficient (Wildman–Crippen LogP) is 3.11. The molecule has 0 aliphatic heterocycles. The zero-order chi connectivity index (χ0) is 13.0. The largest absolute Gasteiger partial charge is 0.312 e. The predicted molar refractivity (Wildman–Crippen MR) is 77.1 cm³/mol. The average molecular weight is 263 g/mol. The molecule has 0 fully saturated rings. The second-order valence-electron chi connectivity index (χ2n) is 4.63. The monoisotopic (exact) mass is 263 g/mol. The molecule has 4 heteroatoms. The molecular weight excluding hydrogens is 242 g/mol. The maximum absolute atomic E-state index is 4.44. The van der Waals surface area contributed by atoms with Gasteiger partial charge in [0, 0.05) is 22.5 Å². The maximum Gasteiger partial charge on any atom is 0.0670 e. The second-order valence-corrected chi connectivity index (χ2v) is 5.97. The van der Waals surface area contributed by atoms with E-state index < -0.39 is 0 Å². The van der Waals surface area contributed by atoms with Crippen molar-refractivity contribution in [2.75, 3.05) is 6.54 Å². The lowest BCUT2D eigenvalue weighted by Crippen LogP contribution is -2.12. The van der Waals surface area contributed by atoms with Crippen LogP contribution in [0.1, 0.15) is 34.4 Å². The van der Waals surface area contributed by atoms with E-state index in [1.165, 1.54) is 21.7 Å². The molecule has 98 valence electrons. The summed E-state index contributed by atoms with van der Waals surface area (Å²) < 4.78 is 2.01. The van der Waals surface area contributed by atoms with Gasteiger partial charge in [0.05, 0.1) is 12.2 Å². The molecule has 0 bridgehead atoms. The van der Waals surface area contributed by atoms with Gasteiger partial charge in [-0.3, -0.25) is 4.68 Å². The van der Waals surface area contributed by atoms with Gasteiger partial charge in [0.25, 0.3) is 0 Å². The lowest BCUT2D eigenvalue weighted by Gasteiger charge is -2.00. The fourth-order valence-electron chi connectivity index (χ4n) is 1.95. The molecule has 0 atom stereocenters. The highest BCUT2D eigenvalue weighted by atomic mass is 32.1. The van der Waals surface area contributed by atoms with Gasteiger partial charge >= 0.3 is 0 Å². The minimum absolute atomic E-state index is 0.879. The summed E-state index contributed by atoms with van der Waals surface area (Å²) >= 11 is 1.89. The van der Waals surface area contributed by atoms with Crippen molar-refractivity contribution in [2.45, 2.75) is 40.3 Å². The number of aryl methyl sites for hydroxylation is 2. The van der Waals surface area contributed by atoms with Gasteiger partial charge in [-0.25, -0.2) is 0 Å². The van der Waals surface area contributed by atoms with Crippen molar-refractivity contribution in [3.05, 3.63) is 39.3 Å². The van der Waals surface area contributed by atoms with Crippen molar-refractivity contribution in [1.82, 2.24) is 15.1 Å². The first-order chi connectivity index (χ1) is 8.69. The number of hydrogen-bond acceptors (Lipinski definition) is 3. The highest BCUT2D eigenvalue weighted by molar-refractivity contribution is 7.12. The molecule has 2 rings (SSSR count). The number of rotatable bonds is 6. The topological polar surface area (TPSA) is 29.9 Å². The van der Waals surface area contributed by atoms with Crippen LogP contribution in [0.25, 0.3) is 0 Å². The molecule has 0 saturated heterocycles. The van der Waals surface area contributed by atoms with Gasteiger partial charge in [0.2, 0.25) is 0 Å². The fourth-order valence-corrected chi connectivity index (χ4v) is 2.97. The van der Waals surface area contributed by atoms with E-state index >= 15 is 0 Å². The van der Waals surface area contributed by atoms with E-state index in [2.05, 4.69) is 30.3 Å². The Balaban J connectivity index is 2.00. The van der Waals surface area contributed by atoms with Crippen molar-refractivity contribution in [3.8, 4) is 0 Å². The summed E-state index contributed by atoms with van der Waals surface area (Å²) in [6.07, 6.45) is 3.23. The van der Waals surface area contributed by atoms with Crippen molar-refractivity contribution < 1.29 is 0 Å². The summed E-state index contributed by atoms with van der Waals surface area (Å²) in [7, 11) is 0. The SMILES string of the molecule is CCCNCc1cc(Cn2ccc(C)n2)c(C)s1. The second kappa shape index (κ2) is 6.16. The van der Waals surface area contributed by atoms with Crippen LogP contribution in [0.15, 0.2) is 18.3 Å². The van der Waals surface area contributed by atoms with Crippen LogP contribution < -0.4 is 5.32 Å². The van der Waals surface area contributed by atoms with Crippen LogP contribution in [0.4, 0.5) is 0 Å². The lowest BCUT2D eigenvalue weighted by molar-refractivity contribution is 0.672. The smallest absolute Gasteiger partial charge is 0.0670 e. The summed E-state index contributed by atoms with van der Waals surface area (Å²) in [4.78, 5) is 2.82. The van der Waals surface area contributed by atoms with Gasteiger partial charge in [-0.05, 0) is 44.5 Å². The first-order valence-corrected chi connectivity index (χ1v) is 7.29. The van der Waals surface area contributed by atoms with Crippen LogP contribution in [0.5, 0.6) is 0 Å². The van der Waals surface area contributed by atoms with Crippen molar-refractivity contribution in [1.29, 1.82) is 0 Å². The molecule has 0 aromatic carbocycles. The standard InChI is InChI=1S/C14H21N3S/c1-4-6-15-9-14-8-13(12(3)18-14)10-17-7-5-11(2)16-17/h5,7-8,15H,4,6,9-10H2,1-3H3. The molecular formula is C14H21N3S. The number of hydrogen-bond donors (Lipinski definition) is 1. The molecule has 0 saturated carbocycles. The summed E-state index contributed by atoms with van der Waals surface area (Å²) in [5, 5.41) is 7.89. The van der Waals surface area contributed by atoms with Gasteiger partial charge in [-0.1, -0.05) is 6.92 Å². The molecule has 0 amide bonds. The van der Waals surface area contributed by atoms with E-state index in [-0.39, 0.29) is 0 Å². The molecule has 3 nitrogen and oxygen atoms in total. The third kappa shape index (κ3) is 3.43. The Morgan fingerprint density at radius 1 is 1.39 bits per heavy atom. The Morgan fingerprint density at radius 2 is 2.22 bits per heavy atom. The summed E-state index contributed by atoms with van der Waals surface area (Å²) in [5.41, 5.74) is 2.46. The molecule has 1 N–H and O–H groups in total. The number of nitrogens with one attached hydrogen (secondary N) is 1. The van der Waals surface area contributed by atoms with Gasteiger partial charge in [-0.15, -0.1) is 11.3 Å². The molecule has 0 aliphatic carbocycles. The van der Waals surface area contributed by atoms with Crippen LogP contribution in [-0.2, 0) is 13.1 Å². The molecule has 0 radical (unpaired) electrons. The van der Waals surface area contributed by atoms with Crippen LogP contribution in [0.2, 0.25) is 0 Å². The minimum Gasteiger partial charge on any atom is -0.312 e. The molecule has 0 spiro atoms. The van der Waals surface area contributed by atoms with Gasteiger partial charge in [0.1, 0.15) is 0 Å².